The van der Waals surface area contributed by atoms with Crippen LogP contribution in [0.5, 0.6) is 0 Å². The van der Waals surface area contributed by atoms with Gasteiger partial charge in [0.25, 0.3) is 0 Å². The number of nitrogens with one attached hydrogen (secondary N) is 2. The first-order chi connectivity index (χ1) is 10.7. The Morgan fingerprint density at radius 3 is 2.65 bits per heavy atom. The monoisotopic (exact) mass is 440 g/mol. The summed E-state index contributed by atoms with van der Waals surface area (Å²) in [6, 6.07) is 0.637. The maximum atomic E-state index is 9.15. The summed E-state index contributed by atoms with van der Waals surface area (Å²) in [5.74, 6) is 1.41. The van der Waals surface area contributed by atoms with Gasteiger partial charge in [-0.25, -0.2) is 0 Å². The van der Waals surface area contributed by atoms with E-state index in [-0.39, 0.29) is 30.6 Å². The maximum absolute atomic E-state index is 9.15. The lowest BCUT2D eigenvalue weighted by Gasteiger charge is -2.24. The molecule has 0 saturated carbocycles. The number of aliphatic hydroxyl groups is 1. The van der Waals surface area contributed by atoms with Crippen molar-refractivity contribution in [2.24, 2.45) is 10.9 Å². The topological polar surface area (TPSA) is 59.9 Å². The third kappa shape index (κ3) is 9.10. The third-order valence-corrected chi connectivity index (χ3v) is 4.50. The Morgan fingerprint density at radius 1 is 1.26 bits per heavy atom. The van der Waals surface area contributed by atoms with Crippen molar-refractivity contribution in [1.29, 1.82) is 0 Å². The number of hydrogen-bond donors (Lipinski definition) is 3. The number of likely N-dealkylation sites (tertiary alicyclic amines) is 1. The van der Waals surface area contributed by atoms with Gasteiger partial charge in [-0.05, 0) is 51.6 Å². The lowest BCUT2D eigenvalue weighted by molar-refractivity contribution is 0.253. The van der Waals surface area contributed by atoms with Crippen LogP contribution < -0.4 is 10.6 Å². The van der Waals surface area contributed by atoms with Gasteiger partial charge in [-0.1, -0.05) is 20.3 Å². The summed E-state index contributed by atoms with van der Waals surface area (Å²) in [4.78, 5) is 7.27. The van der Waals surface area contributed by atoms with Crippen LogP contribution in [0.1, 0.15) is 52.9 Å². The van der Waals surface area contributed by atoms with Crippen LogP contribution in [-0.2, 0) is 0 Å². The molecule has 0 spiro atoms. The van der Waals surface area contributed by atoms with E-state index in [2.05, 4.69) is 36.3 Å². The highest BCUT2D eigenvalue weighted by atomic mass is 127. The van der Waals surface area contributed by atoms with Gasteiger partial charge in [0.1, 0.15) is 0 Å². The fourth-order valence-corrected chi connectivity index (χ4v) is 3.24. The van der Waals surface area contributed by atoms with Crippen LogP contribution in [0.25, 0.3) is 0 Å². The second-order valence-corrected chi connectivity index (χ2v) is 6.19. The molecule has 3 N–H and O–H groups in total. The van der Waals surface area contributed by atoms with Crippen molar-refractivity contribution < 1.29 is 5.11 Å². The first kappa shape index (κ1) is 22.9. The molecule has 1 fully saturated rings. The van der Waals surface area contributed by atoms with E-state index in [1.807, 2.05) is 0 Å². The van der Waals surface area contributed by atoms with E-state index in [4.69, 9.17) is 10.1 Å². The van der Waals surface area contributed by atoms with Gasteiger partial charge in [-0.2, -0.15) is 0 Å². The highest BCUT2D eigenvalue weighted by molar-refractivity contribution is 14.0. The van der Waals surface area contributed by atoms with E-state index in [0.717, 1.165) is 51.4 Å². The van der Waals surface area contributed by atoms with E-state index >= 15 is 0 Å². The highest BCUT2D eigenvalue weighted by Crippen LogP contribution is 2.15. The molecule has 1 saturated heterocycles. The fourth-order valence-electron chi connectivity index (χ4n) is 3.24. The van der Waals surface area contributed by atoms with E-state index in [1.54, 1.807) is 0 Å². The molecule has 138 valence electrons. The minimum atomic E-state index is 0. The molecule has 0 aromatic heterocycles. The van der Waals surface area contributed by atoms with Crippen molar-refractivity contribution in [3.8, 4) is 0 Å². The van der Waals surface area contributed by atoms with E-state index in [9.17, 15) is 0 Å². The number of aliphatic hydroxyl groups excluding tert-OH is 1. The normalized spacial score (nSPS) is 20.2. The van der Waals surface area contributed by atoms with E-state index < -0.39 is 0 Å². The fraction of sp³-hybridized carbons (Fsp3) is 0.941. The zero-order valence-electron chi connectivity index (χ0n) is 15.2. The number of guanidine groups is 1. The second-order valence-electron chi connectivity index (χ2n) is 6.19. The lowest BCUT2D eigenvalue weighted by Crippen LogP contribution is -2.45. The van der Waals surface area contributed by atoms with Crippen molar-refractivity contribution in [3.05, 3.63) is 0 Å². The minimum absolute atomic E-state index is 0. The lowest BCUT2D eigenvalue weighted by atomic mass is 10.0. The van der Waals surface area contributed by atoms with Crippen molar-refractivity contribution in [2.75, 3.05) is 39.3 Å². The molecule has 1 aliphatic rings. The number of hydrogen-bond acceptors (Lipinski definition) is 3. The van der Waals surface area contributed by atoms with Crippen LogP contribution in [0.3, 0.4) is 0 Å². The Morgan fingerprint density at radius 2 is 2.04 bits per heavy atom. The zero-order valence-corrected chi connectivity index (χ0v) is 17.5. The second kappa shape index (κ2) is 14.3. The van der Waals surface area contributed by atoms with Gasteiger partial charge < -0.3 is 15.7 Å². The number of nitrogens with zero attached hydrogens (tertiary/aromatic N) is 2. The maximum Gasteiger partial charge on any atom is 0.191 e. The molecule has 0 radical (unpaired) electrons. The molecule has 23 heavy (non-hydrogen) atoms. The predicted molar refractivity (Wildman–Crippen MR) is 110 cm³/mol. The highest BCUT2D eigenvalue weighted by Gasteiger charge is 2.22. The van der Waals surface area contributed by atoms with Gasteiger partial charge in [-0.3, -0.25) is 9.89 Å². The van der Waals surface area contributed by atoms with Crippen LogP contribution in [-0.4, -0.2) is 61.3 Å². The van der Waals surface area contributed by atoms with Gasteiger partial charge in [0, 0.05) is 32.3 Å². The molecular formula is C17H37IN4O. The standard InChI is InChI=1S/C17H36N4O.HI/c1-4-8-15(10-12-22)13-19-17(18-5-2)20-14-16-9-7-11-21(16)6-3;/h15-16,22H,4-14H2,1-3H3,(H2,18,19,20);1H. The van der Waals surface area contributed by atoms with Crippen LogP contribution in [0, 0.1) is 5.92 Å². The molecule has 2 unspecified atom stereocenters. The van der Waals surface area contributed by atoms with Gasteiger partial charge >= 0.3 is 0 Å². The van der Waals surface area contributed by atoms with E-state index in [0.29, 0.717) is 12.0 Å². The third-order valence-electron chi connectivity index (χ3n) is 4.50. The molecule has 6 heteroatoms. The SMILES string of the molecule is CCCC(CCO)CN=C(NCC)NCC1CCCN1CC.I. The summed E-state index contributed by atoms with van der Waals surface area (Å²) >= 11 is 0. The Hall–Kier alpha value is -0.0800. The van der Waals surface area contributed by atoms with Crippen molar-refractivity contribution in [3.63, 3.8) is 0 Å². The van der Waals surface area contributed by atoms with Crippen LogP contribution in [0.2, 0.25) is 0 Å². The Bertz CT molecular complexity index is 309. The number of likely N-dealkylation sites (N-methyl/N-ethyl adjacent to an activating group) is 1. The molecule has 0 amide bonds. The molecule has 1 rings (SSSR count). The van der Waals surface area contributed by atoms with Gasteiger partial charge in [-0.15, -0.1) is 24.0 Å². The van der Waals surface area contributed by atoms with Gasteiger partial charge in [0.15, 0.2) is 5.96 Å². The summed E-state index contributed by atoms with van der Waals surface area (Å²) in [6.07, 6.45) is 5.72. The summed E-state index contributed by atoms with van der Waals surface area (Å²) in [7, 11) is 0. The summed E-state index contributed by atoms with van der Waals surface area (Å²) < 4.78 is 0. The predicted octanol–water partition coefficient (Wildman–Crippen LogP) is 2.44. The average molecular weight is 440 g/mol. The van der Waals surface area contributed by atoms with E-state index in [1.165, 1.54) is 19.4 Å². The van der Waals surface area contributed by atoms with Gasteiger partial charge in [0.05, 0.1) is 0 Å². The van der Waals surface area contributed by atoms with Crippen LogP contribution >= 0.6 is 24.0 Å². The zero-order chi connectivity index (χ0) is 16.2. The summed E-state index contributed by atoms with van der Waals surface area (Å²) in [5.41, 5.74) is 0. The summed E-state index contributed by atoms with van der Waals surface area (Å²) in [6.45, 7) is 11.8. The Kier molecular flexibility index (Phi) is 14.2. The quantitative estimate of drug-likeness (QED) is 0.278. The molecule has 0 aromatic rings. The van der Waals surface area contributed by atoms with Crippen molar-refractivity contribution >= 4 is 29.9 Å². The number of halogens is 1. The average Bonchev–Trinajstić information content (AvgIpc) is 2.97. The first-order valence-electron chi connectivity index (χ1n) is 9.12. The molecule has 5 nitrogen and oxygen atoms in total. The first-order valence-corrected chi connectivity index (χ1v) is 9.12. The molecule has 1 aliphatic heterocycles. The molecular weight excluding hydrogens is 403 g/mol. The molecule has 0 aliphatic carbocycles. The molecule has 0 bridgehead atoms. The Labute approximate surface area is 159 Å². The van der Waals surface area contributed by atoms with Crippen LogP contribution in [0.4, 0.5) is 0 Å². The molecule has 1 heterocycles. The van der Waals surface area contributed by atoms with Gasteiger partial charge in [0.2, 0.25) is 0 Å². The van der Waals surface area contributed by atoms with Crippen molar-refractivity contribution in [2.45, 2.75) is 58.9 Å². The largest absolute Gasteiger partial charge is 0.396 e. The smallest absolute Gasteiger partial charge is 0.191 e. The molecule has 2 atom stereocenters. The minimum Gasteiger partial charge on any atom is -0.396 e. The van der Waals surface area contributed by atoms with Crippen molar-refractivity contribution in [1.82, 2.24) is 15.5 Å². The number of aliphatic imine (C=N–C) groups is 1. The molecule has 0 aromatic carbocycles. The summed E-state index contributed by atoms with van der Waals surface area (Å²) in [5, 5.41) is 16.0. The number of rotatable bonds is 10. The Balaban J connectivity index is 0.00000484. The van der Waals surface area contributed by atoms with Crippen LogP contribution in [0.15, 0.2) is 4.99 Å².